The molecule has 1 saturated carbocycles. The van der Waals surface area contributed by atoms with Crippen LogP contribution in [0.2, 0.25) is 0 Å². The summed E-state index contributed by atoms with van der Waals surface area (Å²) in [5.74, 6) is 2.62. The zero-order valence-electron chi connectivity index (χ0n) is 15.8. The van der Waals surface area contributed by atoms with Gasteiger partial charge in [0.05, 0.1) is 7.11 Å². The van der Waals surface area contributed by atoms with Crippen LogP contribution in [0.1, 0.15) is 30.4 Å². The van der Waals surface area contributed by atoms with E-state index < -0.39 is 0 Å². The monoisotopic (exact) mass is 344 g/mol. The smallest absolute Gasteiger partial charge is 0.190 e. The molecule has 1 aliphatic heterocycles. The molecule has 1 aliphatic carbocycles. The van der Waals surface area contributed by atoms with E-state index in [1.54, 1.807) is 7.11 Å². The van der Waals surface area contributed by atoms with Crippen LogP contribution in [0.3, 0.4) is 0 Å². The van der Waals surface area contributed by atoms with Crippen molar-refractivity contribution in [2.75, 3.05) is 40.3 Å². The molecule has 0 spiro atoms. The van der Waals surface area contributed by atoms with Gasteiger partial charge >= 0.3 is 0 Å². The zero-order chi connectivity index (χ0) is 17.6. The molecule has 0 amide bonds. The summed E-state index contributed by atoms with van der Waals surface area (Å²) in [5.41, 5.74) is 2.45. The summed E-state index contributed by atoms with van der Waals surface area (Å²) in [4.78, 5) is 7.01. The van der Waals surface area contributed by atoms with Crippen LogP contribution < -0.4 is 15.4 Å². The van der Waals surface area contributed by atoms with E-state index >= 15 is 0 Å². The lowest BCUT2D eigenvalue weighted by atomic mass is 10.1. The van der Waals surface area contributed by atoms with Crippen molar-refractivity contribution in [3.8, 4) is 5.75 Å². The Kier molecular flexibility index (Phi) is 6.19. The summed E-state index contributed by atoms with van der Waals surface area (Å²) in [7, 11) is 3.57. The van der Waals surface area contributed by atoms with E-state index in [1.807, 2.05) is 7.05 Å². The van der Waals surface area contributed by atoms with E-state index in [0.29, 0.717) is 0 Å². The molecule has 2 aliphatic rings. The van der Waals surface area contributed by atoms with Gasteiger partial charge in [-0.2, -0.15) is 0 Å². The predicted molar refractivity (Wildman–Crippen MR) is 104 cm³/mol. The first-order chi connectivity index (χ1) is 12.2. The minimum Gasteiger partial charge on any atom is -0.496 e. The number of rotatable bonds is 7. The van der Waals surface area contributed by atoms with Crippen molar-refractivity contribution in [3.05, 3.63) is 29.3 Å². The molecule has 1 heterocycles. The maximum absolute atomic E-state index is 5.40. The molecule has 5 heteroatoms. The summed E-state index contributed by atoms with van der Waals surface area (Å²) < 4.78 is 5.40. The Morgan fingerprint density at radius 1 is 1.28 bits per heavy atom. The topological polar surface area (TPSA) is 48.9 Å². The number of hydrogen-bond acceptors (Lipinski definition) is 3. The molecule has 25 heavy (non-hydrogen) atoms. The van der Waals surface area contributed by atoms with Gasteiger partial charge in [-0.3, -0.25) is 4.99 Å². The van der Waals surface area contributed by atoms with Crippen LogP contribution in [-0.4, -0.2) is 57.2 Å². The highest BCUT2D eigenvalue weighted by atomic mass is 16.5. The van der Waals surface area contributed by atoms with Crippen molar-refractivity contribution >= 4 is 5.96 Å². The molecular formula is C20H32N4O. The average molecular weight is 345 g/mol. The van der Waals surface area contributed by atoms with E-state index in [0.717, 1.165) is 43.2 Å². The fourth-order valence-corrected chi connectivity index (χ4v) is 3.61. The summed E-state index contributed by atoms with van der Waals surface area (Å²) in [6.45, 7) is 6.47. The lowest BCUT2D eigenvalue weighted by Crippen LogP contribution is -2.41. The van der Waals surface area contributed by atoms with Gasteiger partial charge in [0.1, 0.15) is 5.75 Å². The summed E-state index contributed by atoms with van der Waals surface area (Å²) in [5, 5.41) is 6.92. The van der Waals surface area contributed by atoms with Crippen LogP contribution in [0, 0.1) is 12.8 Å². The maximum Gasteiger partial charge on any atom is 0.190 e. The highest BCUT2D eigenvalue weighted by Gasteiger charge is 2.34. The van der Waals surface area contributed by atoms with E-state index in [4.69, 9.17) is 4.74 Å². The molecule has 2 fully saturated rings. The molecule has 0 radical (unpaired) electrons. The molecule has 5 nitrogen and oxygen atoms in total. The van der Waals surface area contributed by atoms with Crippen molar-refractivity contribution in [1.29, 1.82) is 0 Å². The molecule has 2 N–H and O–H groups in total. The Balaban J connectivity index is 1.37. The first-order valence-electron chi connectivity index (χ1n) is 9.51. The molecular weight excluding hydrogens is 312 g/mol. The van der Waals surface area contributed by atoms with Gasteiger partial charge in [-0.1, -0.05) is 12.1 Å². The fourth-order valence-electron chi connectivity index (χ4n) is 3.61. The van der Waals surface area contributed by atoms with Crippen LogP contribution in [0.5, 0.6) is 5.75 Å². The number of benzene rings is 1. The fraction of sp³-hybridized carbons (Fsp3) is 0.650. The van der Waals surface area contributed by atoms with Gasteiger partial charge < -0.3 is 20.3 Å². The van der Waals surface area contributed by atoms with Gasteiger partial charge in [0, 0.05) is 32.7 Å². The van der Waals surface area contributed by atoms with Gasteiger partial charge in [-0.25, -0.2) is 0 Å². The van der Waals surface area contributed by atoms with Crippen molar-refractivity contribution in [3.63, 3.8) is 0 Å². The normalized spacial score (nSPS) is 21.4. The summed E-state index contributed by atoms with van der Waals surface area (Å²) in [6, 6.07) is 7.31. The first-order valence-corrected chi connectivity index (χ1v) is 9.51. The number of ether oxygens (including phenoxy) is 1. The van der Waals surface area contributed by atoms with Gasteiger partial charge in [0.15, 0.2) is 5.96 Å². The number of nitrogens with zero attached hydrogens (tertiary/aromatic N) is 2. The molecule has 0 aromatic heterocycles. The van der Waals surface area contributed by atoms with Crippen LogP contribution in [0.25, 0.3) is 0 Å². The SMILES string of the molecule is CN=C(NCCc1ccc(C)c(OC)c1)NCC1CCN(C2CC2)C1. The Hall–Kier alpha value is -1.75. The van der Waals surface area contributed by atoms with Crippen LogP contribution in [0.15, 0.2) is 23.2 Å². The quantitative estimate of drug-likeness (QED) is 0.588. The van der Waals surface area contributed by atoms with E-state index in [-0.39, 0.29) is 0 Å². The Labute approximate surface area is 151 Å². The molecule has 1 saturated heterocycles. The van der Waals surface area contributed by atoms with E-state index in [9.17, 15) is 0 Å². The number of nitrogens with one attached hydrogen (secondary N) is 2. The second kappa shape index (κ2) is 8.56. The number of hydrogen-bond donors (Lipinski definition) is 2. The highest BCUT2D eigenvalue weighted by molar-refractivity contribution is 5.79. The molecule has 0 bridgehead atoms. The molecule has 1 atom stereocenters. The largest absolute Gasteiger partial charge is 0.496 e. The van der Waals surface area contributed by atoms with Gasteiger partial charge in [0.2, 0.25) is 0 Å². The average Bonchev–Trinajstić information content (AvgIpc) is 3.38. The van der Waals surface area contributed by atoms with Crippen molar-refractivity contribution in [1.82, 2.24) is 15.5 Å². The predicted octanol–water partition coefficient (Wildman–Crippen LogP) is 2.20. The molecule has 1 aromatic rings. The van der Waals surface area contributed by atoms with Crippen LogP contribution >= 0.6 is 0 Å². The molecule has 1 aromatic carbocycles. The third-order valence-corrected chi connectivity index (χ3v) is 5.34. The van der Waals surface area contributed by atoms with Crippen molar-refractivity contribution < 1.29 is 4.74 Å². The maximum atomic E-state index is 5.40. The third kappa shape index (κ3) is 5.11. The summed E-state index contributed by atoms with van der Waals surface area (Å²) >= 11 is 0. The molecule has 3 rings (SSSR count). The number of guanidine groups is 1. The second-order valence-corrected chi connectivity index (χ2v) is 7.31. The highest BCUT2D eigenvalue weighted by Crippen LogP contribution is 2.31. The van der Waals surface area contributed by atoms with Crippen molar-refractivity contribution in [2.45, 2.75) is 38.6 Å². The van der Waals surface area contributed by atoms with Crippen LogP contribution in [-0.2, 0) is 6.42 Å². The molecule has 138 valence electrons. The second-order valence-electron chi connectivity index (χ2n) is 7.31. The lowest BCUT2D eigenvalue weighted by molar-refractivity contribution is 0.314. The minimum absolute atomic E-state index is 0.750. The Morgan fingerprint density at radius 3 is 2.84 bits per heavy atom. The standard InChI is InChI=1S/C20H32N4O/c1-15-4-5-16(12-19(15)25-3)8-10-22-20(21-2)23-13-17-9-11-24(14-17)18-6-7-18/h4-5,12,17-18H,6-11,13-14H2,1-3H3,(H2,21,22,23). The number of aliphatic imine (C=N–C) groups is 1. The number of aryl methyl sites for hydroxylation is 1. The van der Waals surface area contributed by atoms with Gasteiger partial charge in [-0.05, 0) is 62.3 Å². The Bertz CT molecular complexity index is 597. The zero-order valence-corrected chi connectivity index (χ0v) is 15.8. The first kappa shape index (κ1) is 18.1. The number of likely N-dealkylation sites (tertiary alicyclic amines) is 1. The third-order valence-electron chi connectivity index (χ3n) is 5.34. The van der Waals surface area contributed by atoms with Crippen LogP contribution in [0.4, 0.5) is 0 Å². The lowest BCUT2D eigenvalue weighted by Gasteiger charge is -2.17. The Morgan fingerprint density at radius 2 is 2.12 bits per heavy atom. The summed E-state index contributed by atoms with van der Waals surface area (Å²) in [6.07, 6.45) is 5.08. The van der Waals surface area contributed by atoms with Crippen molar-refractivity contribution in [2.24, 2.45) is 10.9 Å². The van der Waals surface area contributed by atoms with Gasteiger partial charge in [-0.15, -0.1) is 0 Å². The van der Waals surface area contributed by atoms with E-state index in [1.165, 1.54) is 43.5 Å². The number of methoxy groups -OCH3 is 1. The minimum atomic E-state index is 0.750. The molecule has 1 unspecified atom stereocenters. The van der Waals surface area contributed by atoms with Gasteiger partial charge in [0.25, 0.3) is 0 Å². The van der Waals surface area contributed by atoms with E-state index in [2.05, 4.69) is 45.6 Å².